The summed E-state index contributed by atoms with van der Waals surface area (Å²) >= 11 is 0. The van der Waals surface area contributed by atoms with Crippen LogP contribution in [0.5, 0.6) is 11.5 Å². The van der Waals surface area contributed by atoms with Crippen molar-refractivity contribution in [2.75, 3.05) is 7.11 Å². The zero-order valence-electron chi connectivity index (χ0n) is 17.3. The minimum absolute atomic E-state index is 0.109. The number of carbonyl (C=O) groups excluding carboxylic acids is 1. The highest BCUT2D eigenvalue weighted by molar-refractivity contribution is 7.89. The molecule has 0 radical (unpaired) electrons. The lowest BCUT2D eigenvalue weighted by Crippen LogP contribution is -2.18. The normalized spacial score (nSPS) is 11.3. The van der Waals surface area contributed by atoms with Crippen LogP contribution in [0.4, 0.5) is 0 Å². The average Bonchev–Trinajstić information content (AvgIpc) is 2.74. The second-order valence-electron chi connectivity index (χ2n) is 6.83. The molecule has 0 bridgehead atoms. The monoisotopic (exact) mass is 438 g/mol. The first-order valence-corrected chi connectivity index (χ1v) is 10.9. The number of carbonyl (C=O) groups is 1. The Morgan fingerprint density at radius 2 is 1.52 bits per heavy atom. The molecule has 0 spiro atoms. The first-order chi connectivity index (χ1) is 14.8. The van der Waals surface area contributed by atoms with Crippen LogP contribution in [0.15, 0.2) is 76.7 Å². The average molecular weight is 439 g/mol. The third-order valence-corrected chi connectivity index (χ3v) is 5.63. The highest BCUT2D eigenvalue weighted by Crippen LogP contribution is 2.28. The number of nitrogens with one attached hydrogen (secondary N) is 1. The quantitative estimate of drug-likeness (QED) is 0.262. The summed E-state index contributed by atoms with van der Waals surface area (Å²) in [5, 5.41) is 3.81. The molecule has 0 saturated heterocycles. The van der Waals surface area contributed by atoms with E-state index in [4.69, 9.17) is 9.47 Å². The van der Waals surface area contributed by atoms with Crippen molar-refractivity contribution in [3.8, 4) is 11.5 Å². The Hall–Kier alpha value is -3.65. The van der Waals surface area contributed by atoms with Crippen molar-refractivity contribution < 1.29 is 22.7 Å². The van der Waals surface area contributed by atoms with Crippen molar-refractivity contribution in [2.45, 2.75) is 18.7 Å². The van der Waals surface area contributed by atoms with E-state index in [-0.39, 0.29) is 10.6 Å². The number of hydrogen-bond donors (Lipinski definition) is 1. The van der Waals surface area contributed by atoms with Crippen molar-refractivity contribution >= 4 is 22.2 Å². The maximum atomic E-state index is 12.4. The van der Waals surface area contributed by atoms with E-state index in [9.17, 15) is 13.2 Å². The summed E-state index contributed by atoms with van der Waals surface area (Å²) in [7, 11) is -2.33. The number of methoxy groups -OCH3 is 1. The Kier molecular flexibility index (Phi) is 6.71. The molecule has 0 unspecified atom stereocenters. The van der Waals surface area contributed by atoms with Crippen LogP contribution in [0, 0.1) is 13.8 Å². The lowest BCUT2D eigenvalue weighted by atomic mass is 10.1. The lowest BCUT2D eigenvalue weighted by Gasteiger charge is -2.10. The van der Waals surface area contributed by atoms with Crippen LogP contribution < -0.4 is 14.3 Å². The molecule has 0 heterocycles. The smallest absolute Gasteiger partial charge is 0.343 e. The molecule has 3 aromatic rings. The molecule has 160 valence electrons. The van der Waals surface area contributed by atoms with E-state index in [1.807, 2.05) is 26.0 Å². The predicted molar refractivity (Wildman–Crippen MR) is 118 cm³/mol. The fraction of sp³-hybridized carbons (Fsp3) is 0.130. The summed E-state index contributed by atoms with van der Waals surface area (Å²) in [5.41, 5.74) is 2.89. The fourth-order valence-electron chi connectivity index (χ4n) is 2.64. The van der Waals surface area contributed by atoms with Gasteiger partial charge in [0.25, 0.3) is 10.0 Å². The SMILES string of the molecule is COc1ccc(/C=N/NS(=O)(=O)c2ccc(C)cc2)cc1OC(=O)c1ccc(C)cc1. The number of hydrogen-bond acceptors (Lipinski definition) is 6. The molecule has 0 saturated carbocycles. The van der Waals surface area contributed by atoms with Gasteiger partial charge >= 0.3 is 5.97 Å². The largest absolute Gasteiger partial charge is 0.493 e. The summed E-state index contributed by atoms with van der Waals surface area (Å²) in [5.74, 6) is 0.0173. The molecular weight excluding hydrogens is 416 g/mol. The van der Waals surface area contributed by atoms with Gasteiger partial charge in [0.2, 0.25) is 0 Å². The molecule has 1 N–H and O–H groups in total. The van der Waals surface area contributed by atoms with Crippen molar-refractivity contribution in [3.63, 3.8) is 0 Å². The number of aryl methyl sites for hydroxylation is 2. The number of sulfonamides is 1. The van der Waals surface area contributed by atoms with Crippen LogP contribution in [0.1, 0.15) is 27.0 Å². The number of hydrazone groups is 1. The maximum absolute atomic E-state index is 12.4. The van der Waals surface area contributed by atoms with Crippen LogP contribution in [0.2, 0.25) is 0 Å². The van der Waals surface area contributed by atoms with Gasteiger partial charge in [0.05, 0.1) is 23.8 Å². The molecule has 31 heavy (non-hydrogen) atoms. The molecule has 0 fully saturated rings. The Bertz CT molecular complexity index is 1200. The minimum Gasteiger partial charge on any atom is -0.493 e. The molecule has 3 rings (SSSR count). The van der Waals surface area contributed by atoms with Gasteiger partial charge < -0.3 is 9.47 Å². The molecule has 7 nitrogen and oxygen atoms in total. The van der Waals surface area contributed by atoms with E-state index >= 15 is 0 Å². The van der Waals surface area contributed by atoms with Crippen molar-refractivity contribution in [1.82, 2.24) is 4.83 Å². The summed E-state index contributed by atoms with van der Waals surface area (Å²) in [4.78, 5) is 14.7. The molecule has 8 heteroatoms. The van der Waals surface area contributed by atoms with Crippen LogP contribution in [-0.4, -0.2) is 27.7 Å². The first-order valence-electron chi connectivity index (χ1n) is 9.37. The van der Waals surface area contributed by atoms with Gasteiger partial charge in [0.1, 0.15) is 0 Å². The lowest BCUT2D eigenvalue weighted by molar-refractivity contribution is 0.0729. The van der Waals surface area contributed by atoms with Crippen molar-refractivity contribution in [1.29, 1.82) is 0 Å². The van der Waals surface area contributed by atoms with Crippen LogP contribution in [0.3, 0.4) is 0 Å². The molecule has 0 atom stereocenters. The Morgan fingerprint density at radius 1 is 0.903 bits per heavy atom. The van der Waals surface area contributed by atoms with Crippen LogP contribution in [-0.2, 0) is 10.0 Å². The van der Waals surface area contributed by atoms with Crippen LogP contribution >= 0.6 is 0 Å². The Labute approximate surface area is 181 Å². The van der Waals surface area contributed by atoms with E-state index in [1.54, 1.807) is 36.4 Å². The number of nitrogens with zero attached hydrogens (tertiary/aromatic N) is 1. The molecule has 0 aliphatic rings. The molecule has 0 aromatic heterocycles. The third kappa shape index (κ3) is 5.70. The van der Waals surface area contributed by atoms with Gasteiger partial charge in [-0.05, 0) is 61.9 Å². The Balaban J connectivity index is 1.75. The van der Waals surface area contributed by atoms with E-state index in [2.05, 4.69) is 9.93 Å². The van der Waals surface area contributed by atoms with Gasteiger partial charge in [0.15, 0.2) is 11.5 Å². The summed E-state index contributed by atoms with van der Waals surface area (Å²) in [6.45, 7) is 3.79. The Morgan fingerprint density at radius 3 is 2.13 bits per heavy atom. The number of benzene rings is 3. The summed E-state index contributed by atoms with van der Waals surface area (Å²) in [6, 6.07) is 18.2. The van der Waals surface area contributed by atoms with Crippen molar-refractivity contribution in [2.24, 2.45) is 5.10 Å². The number of ether oxygens (including phenoxy) is 2. The highest BCUT2D eigenvalue weighted by Gasteiger charge is 2.14. The second-order valence-corrected chi connectivity index (χ2v) is 8.49. The van der Waals surface area contributed by atoms with Gasteiger partial charge in [-0.15, -0.1) is 0 Å². The van der Waals surface area contributed by atoms with Gasteiger partial charge in [-0.3, -0.25) is 0 Å². The zero-order chi connectivity index (χ0) is 22.4. The predicted octanol–water partition coefficient (Wildman–Crippen LogP) is 3.84. The van der Waals surface area contributed by atoms with Gasteiger partial charge in [0, 0.05) is 0 Å². The minimum atomic E-state index is -3.79. The summed E-state index contributed by atoms with van der Waals surface area (Å²) in [6.07, 6.45) is 1.31. The number of esters is 1. The van der Waals surface area contributed by atoms with E-state index in [0.29, 0.717) is 16.9 Å². The third-order valence-electron chi connectivity index (χ3n) is 4.40. The molecule has 0 aliphatic carbocycles. The highest BCUT2D eigenvalue weighted by atomic mass is 32.2. The van der Waals surface area contributed by atoms with Crippen LogP contribution in [0.25, 0.3) is 0 Å². The first kappa shape index (κ1) is 22.0. The summed E-state index contributed by atoms with van der Waals surface area (Å²) < 4.78 is 35.3. The fourth-order valence-corrected chi connectivity index (χ4v) is 3.43. The van der Waals surface area contributed by atoms with Gasteiger partial charge in [-0.25, -0.2) is 9.63 Å². The second kappa shape index (κ2) is 9.44. The molecule has 0 aliphatic heterocycles. The number of rotatable bonds is 7. The maximum Gasteiger partial charge on any atom is 0.343 e. The molecular formula is C23H22N2O5S. The molecule has 0 amide bonds. The van der Waals surface area contributed by atoms with E-state index in [1.165, 1.54) is 31.5 Å². The van der Waals surface area contributed by atoms with E-state index < -0.39 is 16.0 Å². The van der Waals surface area contributed by atoms with Gasteiger partial charge in [-0.2, -0.15) is 13.5 Å². The van der Waals surface area contributed by atoms with Crippen molar-refractivity contribution in [3.05, 3.63) is 89.0 Å². The standard InChI is InChI=1S/C23H22N2O5S/c1-16-4-9-19(10-5-16)23(26)30-22-14-18(8-13-21(22)29-3)15-24-25-31(27,28)20-11-6-17(2)7-12-20/h4-15,25H,1-3H3/b24-15+. The topological polar surface area (TPSA) is 94.1 Å². The van der Waals surface area contributed by atoms with Gasteiger partial charge in [-0.1, -0.05) is 35.4 Å². The molecule has 3 aromatic carbocycles. The zero-order valence-corrected chi connectivity index (χ0v) is 18.1. The van der Waals surface area contributed by atoms with E-state index in [0.717, 1.165) is 11.1 Å².